The van der Waals surface area contributed by atoms with Crippen LogP contribution in [0.25, 0.3) is 38.7 Å². The van der Waals surface area contributed by atoms with E-state index < -0.39 is 0 Å². The van der Waals surface area contributed by atoms with Gasteiger partial charge in [0.15, 0.2) is 5.65 Å². The summed E-state index contributed by atoms with van der Waals surface area (Å²) in [4.78, 5) is 19.5. The molecule has 2 unspecified atom stereocenters. The molecule has 192 valence electrons. The SMILES string of the molecule is COC(=O)c1cccc2c(-c3cnn4cc(-c5ccc(N6C(C)CB(C#N)CC6C)cc5)cnc34)cccc12. The van der Waals surface area contributed by atoms with Gasteiger partial charge in [-0.25, -0.2) is 19.6 Å². The quantitative estimate of drug-likeness (QED) is 0.212. The van der Waals surface area contributed by atoms with Crippen molar-refractivity contribution >= 4 is 34.8 Å². The van der Waals surface area contributed by atoms with Gasteiger partial charge in [-0.3, -0.25) is 0 Å². The largest absolute Gasteiger partial charge is 0.465 e. The van der Waals surface area contributed by atoms with Crippen LogP contribution < -0.4 is 4.90 Å². The second kappa shape index (κ2) is 9.92. The first-order valence-corrected chi connectivity index (χ1v) is 13.2. The number of carbonyl (C=O) groups excluding carboxylic acids is 1. The van der Waals surface area contributed by atoms with Crippen molar-refractivity contribution in [2.75, 3.05) is 12.0 Å². The minimum absolute atomic E-state index is 0.131. The lowest BCUT2D eigenvalue weighted by atomic mass is 9.42. The summed E-state index contributed by atoms with van der Waals surface area (Å²) in [5, 5.41) is 15.8. The normalized spacial score (nSPS) is 17.4. The molecule has 0 radical (unpaired) electrons. The molecule has 1 fully saturated rings. The smallest absolute Gasteiger partial charge is 0.338 e. The summed E-state index contributed by atoms with van der Waals surface area (Å²) >= 11 is 0. The molecule has 2 aromatic heterocycles. The Balaban J connectivity index is 1.32. The highest BCUT2D eigenvalue weighted by molar-refractivity contribution is 6.67. The van der Waals surface area contributed by atoms with E-state index in [0.29, 0.717) is 17.6 Å². The van der Waals surface area contributed by atoms with E-state index >= 15 is 0 Å². The molecule has 0 saturated carbocycles. The van der Waals surface area contributed by atoms with E-state index in [-0.39, 0.29) is 12.7 Å². The summed E-state index contributed by atoms with van der Waals surface area (Å²) in [6.45, 7) is 4.53. The Kier molecular flexibility index (Phi) is 6.28. The second-order valence-electron chi connectivity index (χ2n) is 10.3. The Morgan fingerprint density at radius 3 is 2.38 bits per heavy atom. The van der Waals surface area contributed by atoms with Crippen molar-refractivity contribution in [2.45, 2.75) is 38.6 Å². The average Bonchev–Trinajstić information content (AvgIpc) is 3.39. The number of aromatic nitrogens is 3. The number of fused-ring (bicyclic) bond motifs is 2. The van der Waals surface area contributed by atoms with Gasteiger partial charge in [-0.2, -0.15) is 5.10 Å². The molecule has 1 aliphatic rings. The van der Waals surface area contributed by atoms with Crippen LogP contribution in [0.4, 0.5) is 5.69 Å². The predicted molar refractivity (Wildman–Crippen MR) is 155 cm³/mol. The molecular weight excluding hydrogens is 485 g/mol. The fourth-order valence-electron chi connectivity index (χ4n) is 6.07. The monoisotopic (exact) mass is 513 g/mol. The molecular formula is C31H28BN5O2. The molecule has 8 heteroatoms. The zero-order valence-electron chi connectivity index (χ0n) is 22.2. The second-order valence-corrected chi connectivity index (χ2v) is 10.3. The maximum absolute atomic E-state index is 12.3. The van der Waals surface area contributed by atoms with Crippen molar-refractivity contribution in [1.82, 2.24) is 14.6 Å². The number of benzene rings is 3. The standard InChI is InChI=1S/C31H28BN5O2/c1-20-14-32(19-33)15-21(2)37(20)24-12-10-22(11-13-24)23-16-34-30-29(17-35-36(30)18-23)27-8-4-7-26-25(27)6-5-9-28(26)31(38)39-3/h4-13,16-18,20-21H,14-15H2,1-3H3. The number of nitriles is 1. The lowest BCUT2D eigenvalue weighted by molar-refractivity contribution is 0.0603. The fraction of sp³-hybridized carbons (Fsp3) is 0.226. The minimum Gasteiger partial charge on any atom is -0.465 e. The van der Waals surface area contributed by atoms with Crippen LogP contribution in [0, 0.1) is 11.2 Å². The molecule has 3 aromatic carbocycles. The van der Waals surface area contributed by atoms with Gasteiger partial charge in [-0.05, 0) is 66.6 Å². The topological polar surface area (TPSA) is 83.5 Å². The molecule has 39 heavy (non-hydrogen) atoms. The Bertz CT molecular complexity index is 1730. The van der Waals surface area contributed by atoms with E-state index in [1.807, 2.05) is 48.9 Å². The minimum atomic E-state index is -0.359. The zero-order valence-corrected chi connectivity index (χ0v) is 22.2. The molecule has 1 saturated heterocycles. The highest BCUT2D eigenvalue weighted by Crippen LogP contribution is 2.34. The van der Waals surface area contributed by atoms with Crippen molar-refractivity contribution in [2.24, 2.45) is 0 Å². The highest BCUT2D eigenvalue weighted by Gasteiger charge is 2.33. The van der Waals surface area contributed by atoms with E-state index in [1.165, 1.54) is 12.8 Å². The lowest BCUT2D eigenvalue weighted by Gasteiger charge is -2.42. The van der Waals surface area contributed by atoms with E-state index in [4.69, 9.17) is 9.72 Å². The predicted octanol–water partition coefficient (Wildman–Crippen LogP) is 6.16. The van der Waals surface area contributed by atoms with Crippen molar-refractivity contribution in [3.05, 3.63) is 84.8 Å². The van der Waals surface area contributed by atoms with Crippen molar-refractivity contribution < 1.29 is 9.53 Å². The Hall–Kier alpha value is -4.64. The molecule has 0 spiro atoms. The fourth-order valence-corrected chi connectivity index (χ4v) is 6.07. The Morgan fingerprint density at radius 1 is 0.949 bits per heavy atom. The van der Waals surface area contributed by atoms with Gasteiger partial charge >= 0.3 is 5.97 Å². The van der Waals surface area contributed by atoms with E-state index in [2.05, 4.69) is 54.1 Å². The highest BCUT2D eigenvalue weighted by atomic mass is 16.5. The van der Waals surface area contributed by atoms with Crippen LogP contribution in [0.5, 0.6) is 0 Å². The first-order chi connectivity index (χ1) is 19.0. The summed E-state index contributed by atoms with van der Waals surface area (Å²) in [6, 6.07) is 20.7. The van der Waals surface area contributed by atoms with Gasteiger partial charge in [0.2, 0.25) is 0 Å². The van der Waals surface area contributed by atoms with Crippen molar-refractivity contribution in [3.8, 4) is 28.2 Å². The number of nitrogens with zero attached hydrogens (tertiary/aromatic N) is 5. The third-order valence-electron chi connectivity index (χ3n) is 7.86. The van der Waals surface area contributed by atoms with Crippen molar-refractivity contribution in [3.63, 3.8) is 0 Å². The van der Waals surface area contributed by atoms with Crippen LogP contribution in [0.2, 0.25) is 12.6 Å². The number of esters is 1. The number of carbonyl (C=O) groups is 1. The summed E-state index contributed by atoms with van der Waals surface area (Å²) < 4.78 is 6.78. The van der Waals surface area contributed by atoms with E-state index in [1.54, 1.807) is 10.6 Å². The van der Waals surface area contributed by atoms with Gasteiger partial charge in [0.25, 0.3) is 6.71 Å². The van der Waals surface area contributed by atoms with Gasteiger partial charge in [-0.1, -0.05) is 42.5 Å². The first-order valence-electron chi connectivity index (χ1n) is 13.2. The van der Waals surface area contributed by atoms with Crippen LogP contribution in [-0.4, -0.2) is 46.5 Å². The summed E-state index contributed by atoms with van der Waals surface area (Å²) in [7, 11) is 1.39. The van der Waals surface area contributed by atoms with E-state index in [0.717, 1.165) is 51.3 Å². The maximum atomic E-state index is 12.3. The Morgan fingerprint density at radius 2 is 1.67 bits per heavy atom. The van der Waals surface area contributed by atoms with Crippen LogP contribution >= 0.6 is 0 Å². The first kappa shape index (κ1) is 24.7. The van der Waals surface area contributed by atoms with Crippen LogP contribution in [0.15, 0.2) is 79.3 Å². The number of ether oxygens (including phenoxy) is 1. The molecule has 0 N–H and O–H groups in total. The molecule has 0 amide bonds. The molecule has 1 aliphatic heterocycles. The van der Waals surface area contributed by atoms with Crippen LogP contribution in [-0.2, 0) is 4.74 Å². The molecule has 0 bridgehead atoms. The molecule has 3 heterocycles. The average molecular weight is 513 g/mol. The summed E-state index contributed by atoms with van der Waals surface area (Å²) in [5.41, 5.74) is 6.34. The summed E-state index contributed by atoms with van der Waals surface area (Å²) in [5.74, 6) is 2.09. The third kappa shape index (κ3) is 4.30. The van der Waals surface area contributed by atoms with Crippen LogP contribution in [0.3, 0.4) is 0 Å². The zero-order chi connectivity index (χ0) is 27.1. The number of hydrogen-bond donors (Lipinski definition) is 0. The van der Waals surface area contributed by atoms with Gasteiger partial charge in [0.05, 0.1) is 18.9 Å². The number of methoxy groups -OCH3 is 1. The summed E-state index contributed by atoms with van der Waals surface area (Å²) in [6.07, 6.45) is 7.49. The van der Waals surface area contributed by atoms with Crippen LogP contribution in [0.1, 0.15) is 24.2 Å². The molecule has 7 nitrogen and oxygen atoms in total. The number of hydrogen-bond acceptors (Lipinski definition) is 6. The molecule has 2 atom stereocenters. The van der Waals surface area contributed by atoms with Gasteiger partial charge in [0.1, 0.15) is 0 Å². The number of anilines is 1. The molecule has 0 aliphatic carbocycles. The van der Waals surface area contributed by atoms with E-state index in [9.17, 15) is 10.1 Å². The van der Waals surface area contributed by atoms with Gasteiger partial charge in [0, 0.05) is 47.3 Å². The third-order valence-corrected chi connectivity index (χ3v) is 7.86. The maximum Gasteiger partial charge on any atom is 0.338 e. The Labute approximate surface area is 227 Å². The van der Waals surface area contributed by atoms with Gasteiger partial charge in [-0.15, -0.1) is 0 Å². The number of rotatable bonds is 4. The molecule has 5 aromatic rings. The van der Waals surface area contributed by atoms with Crippen molar-refractivity contribution in [1.29, 1.82) is 5.26 Å². The van der Waals surface area contributed by atoms with Gasteiger partial charge < -0.3 is 9.64 Å². The lowest BCUT2D eigenvalue weighted by Crippen LogP contribution is -2.48. The molecule has 6 rings (SSSR count).